The number of nitrogens with one attached hydrogen (secondary N) is 3. The fraction of sp³-hybridized carbons (Fsp3) is 0.667. The van der Waals surface area contributed by atoms with E-state index >= 15 is 0 Å². The normalized spacial score (nSPS) is 14.1. The van der Waals surface area contributed by atoms with Gasteiger partial charge in [0.05, 0.1) is 6.54 Å². The van der Waals surface area contributed by atoms with Crippen molar-refractivity contribution >= 4 is 17.7 Å². The quantitative estimate of drug-likeness (QED) is 0.388. The maximum absolute atomic E-state index is 11.2. The number of hydrogen-bond donors (Lipinski definition) is 4. The van der Waals surface area contributed by atoms with Crippen LogP contribution < -0.4 is 21.7 Å². The largest absolute Gasteiger partial charge is 0.352 e. The second-order valence-corrected chi connectivity index (χ2v) is 3.57. The fourth-order valence-electron chi connectivity index (χ4n) is 1.01. The van der Waals surface area contributed by atoms with E-state index in [1.807, 2.05) is 0 Å². The molecule has 3 amide bonds. The van der Waals surface area contributed by atoms with Gasteiger partial charge < -0.3 is 21.7 Å². The highest BCUT2D eigenvalue weighted by molar-refractivity contribution is 6.35. The summed E-state index contributed by atoms with van der Waals surface area (Å²) in [4.78, 5) is 33.3. The zero-order valence-electron chi connectivity index (χ0n) is 8.91. The molecule has 1 rings (SSSR count). The Balaban J connectivity index is 2.12. The van der Waals surface area contributed by atoms with Crippen LogP contribution in [-0.4, -0.2) is 43.4 Å². The molecule has 0 atom stereocenters. The highest BCUT2D eigenvalue weighted by Gasteiger charge is 2.23. The summed E-state index contributed by atoms with van der Waals surface area (Å²) in [6, 6.07) is 0.246. The SMILES string of the molecule is NCCNC(=O)C(=O)NCC(=O)NC1CC1. The molecule has 0 bridgehead atoms. The highest BCUT2D eigenvalue weighted by Crippen LogP contribution is 2.17. The third kappa shape index (κ3) is 4.74. The smallest absolute Gasteiger partial charge is 0.309 e. The topological polar surface area (TPSA) is 113 Å². The Morgan fingerprint density at radius 3 is 2.31 bits per heavy atom. The van der Waals surface area contributed by atoms with E-state index in [2.05, 4.69) is 16.0 Å². The molecule has 5 N–H and O–H groups in total. The zero-order chi connectivity index (χ0) is 12.0. The van der Waals surface area contributed by atoms with Gasteiger partial charge in [-0.1, -0.05) is 0 Å². The maximum atomic E-state index is 11.2. The molecule has 0 heterocycles. The molecule has 0 unspecified atom stereocenters. The van der Waals surface area contributed by atoms with E-state index < -0.39 is 11.8 Å². The Kier molecular flexibility index (Phi) is 4.71. The van der Waals surface area contributed by atoms with Crippen molar-refractivity contribution in [3.63, 3.8) is 0 Å². The minimum atomic E-state index is -0.820. The molecule has 0 spiro atoms. The summed E-state index contributed by atoms with van der Waals surface area (Å²) < 4.78 is 0. The van der Waals surface area contributed by atoms with E-state index in [-0.39, 0.29) is 31.6 Å². The van der Waals surface area contributed by atoms with Gasteiger partial charge >= 0.3 is 11.8 Å². The van der Waals surface area contributed by atoms with Gasteiger partial charge in [-0.05, 0) is 12.8 Å². The Bertz CT molecular complexity index is 288. The molecule has 1 fully saturated rings. The van der Waals surface area contributed by atoms with Gasteiger partial charge in [0.15, 0.2) is 0 Å². The fourth-order valence-corrected chi connectivity index (χ4v) is 1.01. The Labute approximate surface area is 93.1 Å². The van der Waals surface area contributed by atoms with Crippen LogP contribution in [-0.2, 0) is 14.4 Å². The van der Waals surface area contributed by atoms with Gasteiger partial charge in [-0.3, -0.25) is 14.4 Å². The second kappa shape index (κ2) is 6.06. The van der Waals surface area contributed by atoms with Gasteiger partial charge in [0.25, 0.3) is 0 Å². The van der Waals surface area contributed by atoms with E-state index in [0.29, 0.717) is 0 Å². The summed E-state index contributed by atoms with van der Waals surface area (Å²) in [7, 11) is 0. The summed E-state index contributed by atoms with van der Waals surface area (Å²) in [5.41, 5.74) is 5.15. The molecular weight excluding hydrogens is 212 g/mol. The summed E-state index contributed by atoms with van der Waals surface area (Å²) in [5.74, 6) is -1.87. The van der Waals surface area contributed by atoms with Crippen molar-refractivity contribution in [3.8, 4) is 0 Å². The van der Waals surface area contributed by atoms with Crippen LogP contribution in [0, 0.1) is 0 Å². The number of carbonyl (C=O) groups excluding carboxylic acids is 3. The van der Waals surface area contributed by atoms with Crippen molar-refractivity contribution in [2.75, 3.05) is 19.6 Å². The van der Waals surface area contributed by atoms with Gasteiger partial charge in [-0.25, -0.2) is 0 Å². The zero-order valence-corrected chi connectivity index (χ0v) is 8.91. The highest BCUT2D eigenvalue weighted by atomic mass is 16.2. The minimum Gasteiger partial charge on any atom is -0.352 e. The predicted molar refractivity (Wildman–Crippen MR) is 56.2 cm³/mol. The summed E-state index contributed by atoms with van der Waals surface area (Å²) in [6.45, 7) is 0.326. The van der Waals surface area contributed by atoms with Gasteiger partial charge in [-0.2, -0.15) is 0 Å². The standard InChI is InChI=1S/C9H16N4O3/c10-3-4-11-8(15)9(16)12-5-7(14)13-6-1-2-6/h6H,1-5,10H2,(H,11,15)(H,12,16)(H,13,14). The monoisotopic (exact) mass is 228 g/mol. The van der Waals surface area contributed by atoms with Crippen LogP contribution >= 0.6 is 0 Å². The maximum Gasteiger partial charge on any atom is 0.309 e. The van der Waals surface area contributed by atoms with Gasteiger partial charge in [-0.15, -0.1) is 0 Å². The van der Waals surface area contributed by atoms with Crippen LogP contribution in [0.15, 0.2) is 0 Å². The number of carbonyl (C=O) groups is 3. The van der Waals surface area contributed by atoms with E-state index in [9.17, 15) is 14.4 Å². The number of rotatable bonds is 5. The van der Waals surface area contributed by atoms with Crippen LogP contribution in [0.3, 0.4) is 0 Å². The van der Waals surface area contributed by atoms with Crippen LogP contribution in [0.4, 0.5) is 0 Å². The average Bonchev–Trinajstić information content (AvgIpc) is 3.06. The average molecular weight is 228 g/mol. The minimum absolute atomic E-state index is 0.175. The Morgan fingerprint density at radius 1 is 1.12 bits per heavy atom. The lowest BCUT2D eigenvalue weighted by atomic mass is 10.4. The molecule has 7 nitrogen and oxygen atoms in total. The van der Waals surface area contributed by atoms with Crippen LogP contribution in [0.1, 0.15) is 12.8 Å². The van der Waals surface area contributed by atoms with Crippen LogP contribution in [0.2, 0.25) is 0 Å². The number of hydrogen-bond acceptors (Lipinski definition) is 4. The predicted octanol–water partition coefficient (Wildman–Crippen LogP) is -2.54. The molecule has 7 heteroatoms. The third-order valence-electron chi connectivity index (χ3n) is 1.99. The summed E-state index contributed by atoms with van der Waals surface area (Å²) >= 11 is 0. The number of nitrogens with two attached hydrogens (primary N) is 1. The van der Waals surface area contributed by atoms with Crippen molar-refractivity contribution in [3.05, 3.63) is 0 Å². The first kappa shape index (κ1) is 12.4. The van der Waals surface area contributed by atoms with Crippen molar-refractivity contribution in [1.82, 2.24) is 16.0 Å². The summed E-state index contributed by atoms with van der Waals surface area (Å²) in [6.07, 6.45) is 1.97. The molecule has 0 saturated heterocycles. The second-order valence-electron chi connectivity index (χ2n) is 3.57. The molecule has 1 aliphatic rings. The summed E-state index contributed by atoms with van der Waals surface area (Å²) in [5, 5.41) is 7.21. The van der Waals surface area contributed by atoms with Crippen LogP contribution in [0.25, 0.3) is 0 Å². The van der Waals surface area contributed by atoms with Gasteiger partial charge in [0, 0.05) is 19.1 Å². The molecule has 0 aromatic heterocycles. The molecule has 1 saturated carbocycles. The molecule has 0 aliphatic heterocycles. The van der Waals surface area contributed by atoms with E-state index in [4.69, 9.17) is 5.73 Å². The molecule has 0 radical (unpaired) electrons. The molecule has 90 valence electrons. The van der Waals surface area contributed by atoms with Crippen LogP contribution in [0.5, 0.6) is 0 Å². The lowest BCUT2D eigenvalue weighted by molar-refractivity contribution is -0.139. The van der Waals surface area contributed by atoms with Crippen molar-refractivity contribution < 1.29 is 14.4 Å². The third-order valence-corrected chi connectivity index (χ3v) is 1.99. The van der Waals surface area contributed by atoms with Crippen molar-refractivity contribution in [2.45, 2.75) is 18.9 Å². The molecule has 1 aliphatic carbocycles. The van der Waals surface area contributed by atoms with Gasteiger partial charge in [0.1, 0.15) is 0 Å². The van der Waals surface area contributed by atoms with Gasteiger partial charge in [0.2, 0.25) is 5.91 Å². The molecule has 0 aromatic carbocycles. The number of amides is 3. The first-order valence-corrected chi connectivity index (χ1v) is 5.19. The molecule has 0 aromatic rings. The van der Waals surface area contributed by atoms with Crippen molar-refractivity contribution in [2.24, 2.45) is 5.73 Å². The van der Waals surface area contributed by atoms with Crippen molar-refractivity contribution in [1.29, 1.82) is 0 Å². The molecule has 16 heavy (non-hydrogen) atoms. The lowest BCUT2D eigenvalue weighted by Crippen LogP contribution is -2.45. The Morgan fingerprint density at radius 2 is 1.75 bits per heavy atom. The van der Waals surface area contributed by atoms with E-state index in [1.54, 1.807) is 0 Å². The first-order valence-electron chi connectivity index (χ1n) is 5.19. The Hall–Kier alpha value is -1.63. The van der Waals surface area contributed by atoms with E-state index in [1.165, 1.54) is 0 Å². The first-order chi connectivity index (χ1) is 7.63. The lowest BCUT2D eigenvalue weighted by Gasteiger charge is -2.05. The molecular formula is C9H16N4O3. The van der Waals surface area contributed by atoms with E-state index in [0.717, 1.165) is 12.8 Å².